The van der Waals surface area contributed by atoms with Gasteiger partial charge in [-0.15, -0.1) is 0 Å². The van der Waals surface area contributed by atoms with Gasteiger partial charge in [0.15, 0.2) is 12.6 Å². The number of amides is 2. The molecule has 7 N–H and O–H groups in total. The summed E-state index contributed by atoms with van der Waals surface area (Å²) in [6.45, 7) is 18.2. The predicted molar refractivity (Wildman–Crippen MR) is 249 cm³/mol. The van der Waals surface area contributed by atoms with Crippen LogP contribution in [0, 0.1) is 17.8 Å². The molecule has 3 aliphatic heterocycles. The number of nitrogens with one attached hydrogen (secondary N) is 2. The van der Waals surface area contributed by atoms with Gasteiger partial charge >= 0.3 is 12.0 Å². The Morgan fingerprint density at radius 3 is 2.21 bits per heavy atom. The van der Waals surface area contributed by atoms with Crippen LogP contribution in [-0.2, 0) is 33.2 Å². The Morgan fingerprint density at radius 2 is 1.62 bits per heavy atom. The summed E-state index contributed by atoms with van der Waals surface area (Å²) >= 11 is 12.0. The van der Waals surface area contributed by atoms with E-state index in [1.807, 2.05) is 37.7 Å². The fraction of sp³-hybridized carbons (Fsp3) is 0.848. The maximum atomic E-state index is 14.5. The molecule has 0 unspecified atom stereocenters. The molecule has 4 rings (SSSR count). The number of likely N-dealkylation sites (N-methyl/N-ethyl adjacent to an activating group) is 1. The molecule has 18 nitrogen and oxygen atoms in total. The SMILES string of the molecule is CC[C@H]1OC(=O)[C@H](C)[C@@H](O[C@H]2C[C@@](C)(OC)[C@@H](O)[C@H](C)O2)[C@H](C)[C@@H](O[C@@H]2O[C@H](C)C[C@H](N(C)C)[C@H]2O)[C@](C)(O)C[C@@H](C)CN(CCCNC(=O)Nc2cc(Cl)nc(Cl)c2)[C@H](C)[C@@H](O)[C@]1(C)O. The number of nitrogens with zero attached hydrogens (tertiary/aromatic N) is 3. The van der Waals surface area contributed by atoms with Gasteiger partial charge in [0.05, 0.1) is 41.5 Å². The number of methoxy groups -OCH3 is 1. The number of ether oxygens (including phenoxy) is 6. The number of aliphatic hydroxyl groups is 5. The second-order valence-electron chi connectivity index (χ2n) is 20.0. The highest BCUT2D eigenvalue weighted by atomic mass is 35.5. The third-order valence-corrected chi connectivity index (χ3v) is 14.4. The number of aromatic nitrogens is 1. The van der Waals surface area contributed by atoms with Gasteiger partial charge in [-0.2, -0.15) is 0 Å². The summed E-state index contributed by atoms with van der Waals surface area (Å²) < 4.78 is 38.0. The van der Waals surface area contributed by atoms with Crippen molar-refractivity contribution in [3.8, 4) is 0 Å². The van der Waals surface area contributed by atoms with Gasteiger partial charge in [-0.25, -0.2) is 9.78 Å². The highest BCUT2D eigenvalue weighted by Crippen LogP contribution is 2.40. The molecule has 0 bridgehead atoms. The van der Waals surface area contributed by atoms with Gasteiger partial charge in [0.1, 0.15) is 40.3 Å². The number of hydrogen-bond acceptors (Lipinski definition) is 16. The zero-order valence-corrected chi connectivity index (χ0v) is 42.6. The van der Waals surface area contributed by atoms with Crippen molar-refractivity contribution in [3.05, 3.63) is 22.4 Å². The van der Waals surface area contributed by atoms with Crippen molar-refractivity contribution in [1.82, 2.24) is 20.1 Å². The first-order valence-electron chi connectivity index (χ1n) is 23.3. The van der Waals surface area contributed by atoms with Crippen LogP contribution in [0.4, 0.5) is 10.5 Å². The highest BCUT2D eigenvalue weighted by molar-refractivity contribution is 6.33. The van der Waals surface area contributed by atoms with E-state index in [0.29, 0.717) is 31.6 Å². The quantitative estimate of drug-likeness (QED) is 0.0884. The minimum absolute atomic E-state index is 0.0896. The Balaban J connectivity index is 1.74. The molecule has 1 aromatic rings. The van der Waals surface area contributed by atoms with E-state index in [0.717, 1.165) is 0 Å². The third kappa shape index (κ3) is 14.1. The van der Waals surface area contributed by atoms with Crippen molar-refractivity contribution in [1.29, 1.82) is 0 Å². The molecule has 0 aromatic carbocycles. The summed E-state index contributed by atoms with van der Waals surface area (Å²) in [7, 11) is 5.23. The second-order valence-corrected chi connectivity index (χ2v) is 20.7. The normalized spacial score (nSPS) is 41.4. The van der Waals surface area contributed by atoms with E-state index in [9.17, 15) is 35.1 Å². The van der Waals surface area contributed by atoms with E-state index in [1.165, 1.54) is 26.2 Å². The van der Waals surface area contributed by atoms with Gasteiger partial charge in [-0.1, -0.05) is 44.0 Å². The number of halogens is 2. The molecule has 4 heterocycles. The van der Waals surface area contributed by atoms with Crippen LogP contribution in [0.15, 0.2) is 12.1 Å². The summed E-state index contributed by atoms with van der Waals surface area (Å²) in [5.74, 6) is -2.95. The fourth-order valence-electron chi connectivity index (χ4n) is 10.1. The van der Waals surface area contributed by atoms with Crippen LogP contribution in [0.3, 0.4) is 0 Å². The smallest absolute Gasteiger partial charge is 0.319 e. The van der Waals surface area contributed by atoms with Crippen LogP contribution in [-0.4, -0.2) is 183 Å². The first kappa shape index (κ1) is 56.6. The standard InChI is InChI=1S/C46H79Cl2N5O13/c1-14-32-46(10,60)38(55)28(6)53(17-15-16-49-43(58)50-30-19-33(47)51-34(48)20-30)23-24(2)21-44(8,59)40(66-42-36(54)31(52(11)12)18-25(3)62-42)26(4)37(27(5)41(57)64-32)65-35-22-45(9,61-13)39(56)29(7)63-35/h19-20,24-29,31-32,35-40,42,54-56,59-60H,14-18,21-23H2,1-13H3,(H2,49,50,51,58)/t24-,25-,26+,27-,28-,29+,31+,32-,35+,36-,37+,38-,39+,40-,42+,44-,45-,46-/m1/s1. The van der Waals surface area contributed by atoms with Crippen molar-refractivity contribution >= 4 is 40.9 Å². The lowest BCUT2D eigenvalue weighted by Gasteiger charge is -2.48. The van der Waals surface area contributed by atoms with E-state index in [2.05, 4.69) is 15.6 Å². The van der Waals surface area contributed by atoms with Crippen LogP contribution in [0.1, 0.15) is 101 Å². The van der Waals surface area contributed by atoms with Crippen LogP contribution >= 0.6 is 23.2 Å². The Kier molecular flexibility index (Phi) is 20.3. The van der Waals surface area contributed by atoms with Crippen molar-refractivity contribution in [2.24, 2.45) is 17.8 Å². The summed E-state index contributed by atoms with van der Waals surface area (Å²) in [5, 5.41) is 65.5. The largest absolute Gasteiger partial charge is 0.459 e. The molecule has 2 amide bonds. The zero-order valence-electron chi connectivity index (χ0n) is 41.1. The fourth-order valence-corrected chi connectivity index (χ4v) is 10.6. The highest BCUT2D eigenvalue weighted by Gasteiger charge is 2.53. The van der Waals surface area contributed by atoms with Gasteiger partial charge in [-0.3, -0.25) is 9.69 Å². The number of rotatable bonds is 12. The number of cyclic esters (lactones) is 1. The number of hydrogen-bond donors (Lipinski definition) is 7. The summed E-state index contributed by atoms with van der Waals surface area (Å²) in [5.41, 5.74) is -4.33. The molecular weight excluding hydrogens is 901 g/mol. The molecule has 0 saturated carbocycles. The molecule has 3 fully saturated rings. The maximum Gasteiger partial charge on any atom is 0.319 e. The second kappa shape index (κ2) is 23.7. The molecule has 3 saturated heterocycles. The Morgan fingerprint density at radius 1 is 0.985 bits per heavy atom. The van der Waals surface area contributed by atoms with E-state index in [-0.39, 0.29) is 54.2 Å². The lowest BCUT2D eigenvalue weighted by Crippen LogP contribution is -2.60. The van der Waals surface area contributed by atoms with E-state index < -0.39 is 102 Å². The first-order chi connectivity index (χ1) is 30.6. The summed E-state index contributed by atoms with van der Waals surface area (Å²) in [4.78, 5) is 35.1. The number of pyridine rings is 1. The number of aliphatic hydroxyl groups excluding tert-OH is 3. The maximum absolute atomic E-state index is 14.5. The molecule has 18 atom stereocenters. The molecule has 1 aromatic heterocycles. The van der Waals surface area contributed by atoms with E-state index in [4.69, 9.17) is 51.6 Å². The molecule has 3 aliphatic rings. The molecule has 0 spiro atoms. The molecule has 380 valence electrons. The average molecular weight is 981 g/mol. The van der Waals surface area contributed by atoms with Crippen LogP contribution in [0.25, 0.3) is 0 Å². The van der Waals surface area contributed by atoms with Crippen LogP contribution < -0.4 is 10.6 Å². The van der Waals surface area contributed by atoms with Gasteiger partial charge in [0, 0.05) is 56.9 Å². The summed E-state index contributed by atoms with van der Waals surface area (Å²) in [6, 6.07) is 1.39. The van der Waals surface area contributed by atoms with Crippen molar-refractivity contribution in [3.63, 3.8) is 0 Å². The first-order valence-corrected chi connectivity index (χ1v) is 24.1. The minimum atomic E-state index is -1.94. The van der Waals surface area contributed by atoms with Crippen molar-refractivity contribution in [2.75, 3.05) is 46.2 Å². The van der Waals surface area contributed by atoms with E-state index in [1.54, 1.807) is 48.5 Å². The van der Waals surface area contributed by atoms with Crippen molar-refractivity contribution < 1.29 is 63.5 Å². The lowest BCUT2D eigenvalue weighted by molar-refractivity contribution is -0.318. The van der Waals surface area contributed by atoms with E-state index >= 15 is 0 Å². The van der Waals surface area contributed by atoms with Gasteiger partial charge in [0.2, 0.25) is 0 Å². The number of anilines is 1. The zero-order chi connectivity index (χ0) is 49.6. The molecule has 0 radical (unpaired) electrons. The number of urea groups is 1. The minimum Gasteiger partial charge on any atom is -0.459 e. The van der Waals surface area contributed by atoms with Gasteiger partial charge < -0.3 is 69.5 Å². The third-order valence-electron chi connectivity index (χ3n) is 14.0. The monoisotopic (exact) mass is 980 g/mol. The van der Waals surface area contributed by atoms with Crippen LogP contribution in [0.2, 0.25) is 10.3 Å². The predicted octanol–water partition coefficient (Wildman–Crippen LogP) is 4.18. The Bertz CT molecular complexity index is 1710. The number of esters is 1. The average Bonchev–Trinajstić information content (AvgIpc) is 3.22. The van der Waals surface area contributed by atoms with Gasteiger partial charge in [-0.05, 0) is 106 Å². The lowest BCUT2D eigenvalue weighted by atomic mass is 9.77. The van der Waals surface area contributed by atoms with Crippen molar-refractivity contribution in [2.45, 2.75) is 192 Å². The molecule has 20 heteroatoms. The number of carbonyl (C=O) groups is 2. The van der Waals surface area contributed by atoms with Gasteiger partial charge in [0.25, 0.3) is 0 Å². The summed E-state index contributed by atoms with van der Waals surface area (Å²) in [6.07, 6.45) is -8.82. The molecule has 66 heavy (non-hydrogen) atoms. The molecule has 0 aliphatic carbocycles. The Labute approximate surface area is 401 Å². The number of carbonyl (C=O) groups excluding carboxylic acids is 2. The molecular formula is C46H79Cl2N5O13. The topological polar surface area (TPSA) is 234 Å². The Hall–Kier alpha value is -2.01. The van der Waals surface area contributed by atoms with Crippen LogP contribution in [0.5, 0.6) is 0 Å².